The molecule has 3 nitrogen and oxygen atoms in total. The van der Waals surface area contributed by atoms with Crippen molar-refractivity contribution < 1.29 is 23.1 Å². The molecule has 0 radical (unpaired) electrons. The van der Waals surface area contributed by atoms with Crippen molar-refractivity contribution in [2.24, 2.45) is 5.41 Å². The third-order valence-electron chi connectivity index (χ3n) is 4.08. The molecule has 1 heterocycles. The van der Waals surface area contributed by atoms with Gasteiger partial charge in [-0.1, -0.05) is 6.07 Å². The molecule has 1 aliphatic heterocycles. The number of carbonyl (C=O) groups is 1. The van der Waals surface area contributed by atoms with Crippen molar-refractivity contribution in [1.29, 1.82) is 0 Å². The summed E-state index contributed by atoms with van der Waals surface area (Å²) in [7, 11) is 0. The Hall–Kier alpha value is -1.56. The van der Waals surface area contributed by atoms with Crippen LogP contribution in [0.4, 0.5) is 13.2 Å². The van der Waals surface area contributed by atoms with Gasteiger partial charge in [0.05, 0.1) is 5.56 Å². The van der Waals surface area contributed by atoms with E-state index in [-0.39, 0.29) is 23.8 Å². The second kappa shape index (κ2) is 4.22. The lowest BCUT2D eigenvalue weighted by Crippen LogP contribution is -2.65. The first kappa shape index (κ1) is 13.4. The lowest BCUT2D eigenvalue weighted by Gasteiger charge is -2.58. The van der Waals surface area contributed by atoms with Crippen molar-refractivity contribution in [3.05, 3.63) is 35.1 Å². The van der Waals surface area contributed by atoms with Gasteiger partial charge in [-0.15, -0.1) is 0 Å². The molecule has 1 saturated heterocycles. The van der Waals surface area contributed by atoms with Gasteiger partial charge in [0.15, 0.2) is 0 Å². The largest absolute Gasteiger partial charge is 0.478 e. The molecule has 6 heteroatoms. The molecule has 2 fully saturated rings. The van der Waals surface area contributed by atoms with Crippen LogP contribution in [0.2, 0.25) is 0 Å². The first-order valence-corrected chi connectivity index (χ1v) is 6.41. The minimum atomic E-state index is -2.53. The standard InChI is InChI=1S/C14H14F3NO2/c15-11-3-9(12(19)20)1-2-10(11)4-18-7-13(8-18)5-14(16,17)6-13/h1-3H,4-8H2,(H,19,20). The summed E-state index contributed by atoms with van der Waals surface area (Å²) in [5.74, 6) is -4.26. The maximum Gasteiger partial charge on any atom is 0.335 e. The van der Waals surface area contributed by atoms with Gasteiger partial charge in [0.25, 0.3) is 0 Å². The lowest BCUT2D eigenvalue weighted by atomic mass is 9.61. The average molecular weight is 285 g/mol. The molecule has 1 aromatic rings. The van der Waals surface area contributed by atoms with E-state index in [0.29, 0.717) is 25.2 Å². The molecule has 1 saturated carbocycles. The number of alkyl halides is 2. The number of nitrogens with zero attached hydrogens (tertiary/aromatic N) is 1. The summed E-state index contributed by atoms with van der Waals surface area (Å²) in [5, 5.41) is 8.75. The second-order valence-electron chi connectivity index (χ2n) is 5.97. The molecule has 2 aliphatic rings. The number of halogens is 3. The summed E-state index contributed by atoms with van der Waals surface area (Å²) in [6, 6.07) is 3.79. The minimum Gasteiger partial charge on any atom is -0.478 e. The van der Waals surface area contributed by atoms with Gasteiger partial charge in [0, 0.05) is 43.5 Å². The number of carboxylic acid groups (broad SMARTS) is 1. The number of hydrogen-bond donors (Lipinski definition) is 1. The Balaban J connectivity index is 1.59. The van der Waals surface area contributed by atoms with Crippen LogP contribution in [-0.2, 0) is 6.54 Å². The fourth-order valence-electron chi connectivity index (χ4n) is 3.33. The number of aromatic carboxylic acids is 1. The molecule has 1 N–H and O–H groups in total. The van der Waals surface area contributed by atoms with Crippen LogP contribution in [0.1, 0.15) is 28.8 Å². The van der Waals surface area contributed by atoms with E-state index in [1.165, 1.54) is 12.1 Å². The van der Waals surface area contributed by atoms with Crippen LogP contribution in [0.5, 0.6) is 0 Å². The summed E-state index contributed by atoms with van der Waals surface area (Å²) >= 11 is 0. The van der Waals surface area contributed by atoms with Gasteiger partial charge in [0.2, 0.25) is 5.92 Å². The van der Waals surface area contributed by atoms with Crippen molar-refractivity contribution in [1.82, 2.24) is 4.90 Å². The topological polar surface area (TPSA) is 40.5 Å². The molecule has 0 aromatic heterocycles. The van der Waals surface area contributed by atoms with Crippen LogP contribution in [0.3, 0.4) is 0 Å². The Morgan fingerprint density at radius 2 is 1.95 bits per heavy atom. The molecular weight excluding hydrogens is 271 g/mol. The highest BCUT2D eigenvalue weighted by Gasteiger charge is 2.61. The van der Waals surface area contributed by atoms with E-state index in [1.54, 1.807) is 0 Å². The summed E-state index contributed by atoms with van der Waals surface area (Å²) in [4.78, 5) is 12.6. The average Bonchev–Trinajstić information content (AvgIpc) is 2.26. The lowest BCUT2D eigenvalue weighted by molar-refractivity contribution is -0.215. The predicted octanol–water partition coefficient (Wildman–Crippen LogP) is 2.76. The monoisotopic (exact) mass is 285 g/mol. The Morgan fingerprint density at radius 1 is 1.30 bits per heavy atom. The van der Waals surface area contributed by atoms with Gasteiger partial charge in [-0.3, -0.25) is 4.90 Å². The second-order valence-corrected chi connectivity index (χ2v) is 5.97. The first-order chi connectivity index (χ1) is 9.29. The van der Waals surface area contributed by atoms with Crippen LogP contribution in [-0.4, -0.2) is 35.0 Å². The van der Waals surface area contributed by atoms with Gasteiger partial charge >= 0.3 is 5.97 Å². The highest BCUT2D eigenvalue weighted by molar-refractivity contribution is 5.87. The van der Waals surface area contributed by atoms with Crippen molar-refractivity contribution in [2.45, 2.75) is 25.3 Å². The Bertz CT molecular complexity index is 558. The SMILES string of the molecule is O=C(O)c1ccc(CN2CC3(C2)CC(F)(F)C3)c(F)c1. The third kappa shape index (κ3) is 2.28. The van der Waals surface area contributed by atoms with Crippen LogP contribution >= 0.6 is 0 Å². The molecule has 0 atom stereocenters. The molecule has 1 aliphatic carbocycles. The van der Waals surface area contributed by atoms with E-state index in [2.05, 4.69) is 0 Å². The number of hydrogen-bond acceptors (Lipinski definition) is 2. The molecule has 1 aromatic carbocycles. The number of rotatable bonds is 3. The van der Waals surface area contributed by atoms with Gasteiger partial charge < -0.3 is 5.11 Å². The van der Waals surface area contributed by atoms with Gasteiger partial charge in [-0.05, 0) is 12.1 Å². The maximum atomic E-state index is 13.7. The summed E-state index contributed by atoms with van der Waals surface area (Å²) in [5.41, 5.74) is 0.0296. The molecule has 20 heavy (non-hydrogen) atoms. The van der Waals surface area contributed by atoms with Gasteiger partial charge in [0.1, 0.15) is 5.82 Å². The number of benzene rings is 1. The van der Waals surface area contributed by atoms with E-state index < -0.39 is 17.7 Å². The van der Waals surface area contributed by atoms with E-state index in [1.807, 2.05) is 4.90 Å². The van der Waals surface area contributed by atoms with Gasteiger partial charge in [-0.25, -0.2) is 18.0 Å². The Kier molecular flexibility index (Phi) is 2.83. The quantitative estimate of drug-likeness (QED) is 0.928. The van der Waals surface area contributed by atoms with Gasteiger partial charge in [-0.2, -0.15) is 0 Å². The van der Waals surface area contributed by atoms with Crippen LogP contribution in [0.25, 0.3) is 0 Å². The normalized spacial score (nSPS) is 23.1. The smallest absolute Gasteiger partial charge is 0.335 e. The Morgan fingerprint density at radius 3 is 2.45 bits per heavy atom. The number of carboxylic acids is 1. The Labute approximate surface area is 114 Å². The zero-order valence-corrected chi connectivity index (χ0v) is 10.7. The van der Waals surface area contributed by atoms with Crippen molar-refractivity contribution in [3.8, 4) is 0 Å². The maximum absolute atomic E-state index is 13.7. The summed E-state index contributed by atoms with van der Waals surface area (Å²) in [6.45, 7) is 1.45. The fourth-order valence-corrected chi connectivity index (χ4v) is 3.33. The van der Waals surface area contributed by atoms with E-state index >= 15 is 0 Å². The third-order valence-corrected chi connectivity index (χ3v) is 4.08. The van der Waals surface area contributed by atoms with Crippen molar-refractivity contribution >= 4 is 5.97 Å². The molecule has 108 valence electrons. The zero-order valence-electron chi connectivity index (χ0n) is 10.7. The summed E-state index contributed by atoms with van der Waals surface area (Å²) in [6.07, 6.45) is -0.145. The predicted molar refractivity (Wildman–Crippen MR) is 65.3 cm³/mol. The van der Waals surface area contributed by atoms with Crippen LogP contribution in [0.15, 0.2) is 18.2 Å². The van der Waals surface area contributed by atoms with E-state index in [4.69, 9.17) is 5.11 Å². The highest BCUT2D eigenvalue weighted by Crippen LogP contribution is 2.56. The molecule has 0 unspecified atom stereocenters. The van der Waals surface area contributed by atoms with E-state index in [0.717, 1.165) is 6.07 Å². The molecule has 0 amide bonds. The first-order valence-electron chi connectivity index (χ1n) is 6.41. The van der Waals surface area contributed by atoms with Crippen molar-refractivity contribution in [3.63, 3.8) is 0 Å². The number of likely N-dealkylation sites (tertiary alicyclic amines) is 1. The van der Waals surface area contributed by atoms with Crippen molar-refractivity contribution in [2.75, 3.05) is 13.1 Å². The van der Waals surface area contributed by atoms with Crippen LogP contribution in [0, 0.1) is 11.2 Å². The highest BCUT2D eigenvalue weighted by atomic mass is 19.3. The van der Waals surface area contributed by atoms with Crippen LogP contribution < -0.4 is 0 Å². The molecule has 1 spiro atoms. The molecular formula is C14H14F3NO2. The fraction of sp³-hybridized carbons (Fsp3) is 0.500. The molecule has 3 rings (SSSR count). The summed E-state index contributed by atoms with van der Waals surface area (Å²) < 4.78 is 39.4. The molecule has 0 bridgehead atoms. The van der Waals surface area contributed by atoms with E-state index in [9.17, 15) is 18.0 Å². The zero-order chi connectivity index (χ0) is 14.5. The minimum absolute atomic E-state index is 0.0725.